The second-order valence-electron chi connectivity index (χ2n) is 13.8. The molecule has 0 saturated heterocycles. The van der Waals surface area contributed by atoms with Crippen molar-refractivity contribution in [2.24, 2.45) is 0 Å². The Balaban J connectivity index is 1.47. The maximum atomic E-state index is 2.53. The van der Waals surface area contributed by atoms with Gasteiger partial charge in [0.15, 0.2) is 0 Å². The first-order chi connectivity index (χ1) is 21.6. The monoisotopic (exact) mass is 648 g/mol. The molecule has 6 rings (SSSR count). The summed E-state index contributed by atoms with van der Waals surface area (Å²) in [6.45, 7) is 16.1. The minimum Gasteiger partial charge on any atom is -0.340 e. The number of rotatable bonds is 8. The number of hydrogen-bond acceptors (Lipinski definition) is 5. The minimum absolute atomic E-state index is 0.0852. The van der Waals surface area contributed by atoms with Crippen LogP contribution in [0.5, 0.6) is 0 Å². The van der Waals surface area contributed by atoms with Crippen molar-refractivity contribution in [3.63, 3.8) is 0 Å². The number of para-hydroxylation sites is 4. The van der Waals surface area contributed by atoms with Gasteiger partial charge in [-0.1, -0.05) is 114 Å². The fraction of sp³-hybridized carbons (Fsp3) is 0.300. The van der Waals surface area contributed by atoms with Crippen molar-refractivity contribution >= 4 is 57.6 Å². The fourth-order valence-corrected chi connectivity index (χ4v) is 11.1. The maximum absolute atomic E-state index is 2.53. The van der Waals surface area contributed by atoms with Crippen molar-refractivity contribution in [3.8, 4) is 0 Å². The van der Waals surface area contributed by atoms with Crippen LogP contribution in [0.4, 0.5) is 22.7 Å². The lowest BCUT2D eigenvalue weighted by Gasteiger charge is -2.40. The van der Waals surface area contributed by atoms with Gasteiger partial charge in [0.25, 0.3) is 0 Å². The SMILES string of the molecule is CC(C)(C)c1sc(C(C)(C)C)c2c1SC(CN(c1ccccc1)c1ccccc1)C(CN(c1ccccc1)c1ccccc1)S2. The van der Waals surface area contributed by atoms with Crippen LogP contribution in [0.1, 0.15) is 51.3 Å². The first kappa shape index (κ1) is 31.8. The van der Waals surface area contributed by atoms with Gasteiger partial charge >= 0.3 is 0 Å². The summed E-state index contributed by atoms with van der Waals surface area (Å²) in [4.78, 5) is 11.1. The predicted molar refractivity (Wildman–Crippen MR) is 201 cm³/mol. The third-order valence-corrected chi connectivity index (χ3v) is 13.6. The van der Waals surface area contributed by atoms with Gasteiger partial charge in [-0.15, -0.1) is 34.9 Å². The summed E-state index contributed by atoms with van der Waals surface area (Å²) in [6.07, 6.45) is 0. The molecular weight excluding hydrogens is 605 g/mol. The molecule has 4 aromatic carbocycles. The lowest BCUT2D eigenvalue weighted by Crippen LogP contribution is -2.41. The molecule has 0 saturated carbocycles. The Bertz CT molecular complexity index is 1470. The predicted octanol–water partition coefficient (Wildman–Crippen LogP) is 12.0. The smallest absolute Gasteiger partial charge is 0.0415 e. The first-order valence-corrected chi connectivity index (χ1v) is 18.4. The van der Waals surface area contributed by atoms with Gasteiger partial charge in [-0.2, -0.15) is 0 Å². The van der Waals surface area contributed by atoms with Gasteiger partial charge in [-0.25, -0.2) is 0 Å². The van der Waals surface area contributed by atoms with Crippen molar-refractivity contribution in [2.75, 3.05) is 22.9 Å². The third kappa shape index (κ3) is 7.16. The van der Waals surface area contributed by atoms with E-state index >= 15 is 0 Å². The molecule has 2 atom stereocenters. The summed E-state index contributed by atoms with van der Waals surface area (Å²) in [5, 5.41) is 0.697. The largest absolute Gasteiger partial charge is 0.340 e. The van der Waals surface area contributed by atoms with E-state index in [1.165, 1.54) is 42.3 Å². The van der Waals surface area contributed by atoms with Crippen molar-refractivity contribution < 1.29 is 0 Å². The van der Waals surface area contributed by atoms with E-state index < -0.39 is 0 Å². The number of nitrogens with zero attached hydrogens (tertiary/aromatic N) is 2. The van der Waals surface area contributed by atoms with E-state index in [4.69, 9.17) is 0 Å². The Kier molecular flexibility index (Phi) is 9.42. The van der Waals surface area contributed by atoms with Crippen molar-refractivity contribution in [1.82, 2.24) is 0 Å². The Morgan fingerprint density at radius 1 is 0.444 bits per heavy atom. The van der Waals surface area contributed by atoms with Gasteiger partial charge in [0.2, 0.25) is 0 Å². The molecular formula is C40H44N2S3. The van der Waals surface area contributed by atoms with Crippen LogP contribution in [0.25, 0.3) is 0 Å². The van der Waals surface area contributed by atoms with Gasteiger partial charge in [0, 0.05) is 65.9 Å². The standard InChI is InChI=1S/C40H44N2S3/c1-39(2,3)37-35-36(38(45-37)40(4,5)6)44-34(28-42(31-23-15-9-16-24-31)32-25-17-10-18-26-32)33(43-35)27-41(29-19-11-7-12-20-29)30-21-13-8-14-22-30/h7-26,33-34H,27-28H2,1-6H3. The molecule has 5 aromatic rings. The summed E-state index contributed by atoms with van der Waals surface area (Å²) in [5.74, 6) is 0. The van der Waals surface area contributed by atoms with Crippen LogP contribution in [0.15, 0.2) is 131 Å². The molecule has 0 spiro atoms. The van der Waals surface area contributed by atoms with Gasteiger partial charge < -0.3 is 9.80 Å². The minimum atomic E-state index is 0.0852. The number of benzene rings is 4. The van der Waals surface area contributed by atoms with Crippen LogP contribution < -0.4 is 9.80 Å². The zero-order valence-electron chi connectivity index (χ0n) is 27.2. The number of fused-ring (bicyclic) bond motifs is 1. The van der Waals surface area contributed by atoms with E-state index in [1.807, 2.05) is 11.3 Å². The molecule has 0 N–H and O–H groups in total. The molecule has 1 aliphatic rings. The van der Waals surface area contributed by atoms with Crippen LogP contribution in [-0.2, 0) is 10.8 Å². The second kappa shape index (κ2) is 13.3. The molecule has 5 heteroatoms. The number of hydrogen-bond donors (Lipinski definition) is 0. The van der Waals surface area contributed by atoms with Crippen molar-refractivity contribution in [2.45, 2.75) is 72.7 Å². The Labute approximate surface area is 282 Å². The topological polar surface area (TPSA) is 6.48 Å². The highest BCUT2D eigenvalue weighted by Crippen LogP contribution is 2.57. The molecule has 1 aromatic heterocycles. The lowest BCUT2D eigenvalue weighted by atomic mass is 9.93. The average Bonchev–Trinajstić information content (AvgIpc) is 3.44. The molecule has 45 heavy (non-hydrogen) atoms. The normalized spacial score (nSPS) is 16.7. The molecule has 2 unspecified atom stereocenters. The molecule has 1 aliphatic heterocycles. The second-order valence-corrected chi connectivity index (χ2v) is 17.3. The molecule has 0 bridgehead atoms. The molecule has 0 aliphatic carbocycles. The van der Waals surface area contributed by atoms with Crippen LogP contribution in [0.3, 0.4) is 0 Å². The highest BCUT2D eigenvalue weighted by atomic mass is 32.2. The number of thiophene rings is 1. The summed E-state index contributed by atoms with van der Waals surface area (Å²) < 4.78 is 0. The fourth-order valence-electron chi connectivity index (χ4n) is 5.88. The van der Waals surface area contributed by atoms with Crippen molar-refractivity contribution in [1.29, 1.82) is 0 Å². The van der Waals surface area contributed by atoms with E-state index in [0.29, 0.717) is 10.5 Å². The average molecular weight is 649 g/mol. The number of anilines is 4. The highest BCUT2D eigenvalue weighted by Gasteiger charge is 2.41. The highest BCUT2D eigenvalue weighted by molar-refractivity contribution is 8.06. The molecule has 0 amide bonds. The Morgan fingerprint density at radius 3 is 0.956 bits per heavy atom. The van der Waals surface area contributed by atoms with Crippen LogP contribution in [0.2, 0.25) is 0 Å². The van der Waals surface area contributed by atoms with Crippen LogP contribution in [-0.4, -0.2) is 23.6 Å². The molecule has 0 fully saturated rings. The lowest BCUT2D eigenvalue weighted by molar-refractivity contribution is 0.583. The number of thioether (sulfide) groups is 2. The molecule has 232 valence electrons. The molecule has 2 heterocycles. The molecule has 2 nitrogen and oxygen atoms in total. The van der Waals surface area contributed by atoms with E-state index in [2.05, 4.69) is 196 Å². The zero-order valence-corrected chi connectivity index (χ0v) is 29.7. The summed E-state index contributed by atoms with van der Waals surface area (Å²) in [7, 11) is 0. The van der Waals surface area contributed by atoms with Gasteiger partial charge in [0.1, 0.15) is 0 Å². The summed E-state index contributed by atoms with van der Waals surface area (Å²) >= 11 is 6.30. The molecule has 0 radical (unpaired) electrons. The Morgan fingerprint density at radius 2 is 0.711 bits per heavy atom. The summed E-state index contributed by atoms with van der Waals surface area (Å²) in [5.41, 5.74) is 5.11. The van der Waals surface area contributed by atoms with Crippen LogP contribution in [0, 0.1) is 0 Å². The van der Waals surface area contributed by atoms with E-state index in [-0.39, 0.29) is 10.8 Å². The van der Waals surface area contributed by atoms with E-state index in [9.17, 15) is 0 Å². The van der Waals surface area contributed by atoms with Crippen molar-refractivity contribution in [3.05, 3.63) is 131 Å². The van der Waals surface area contributed by atoms with E-state index in [1.54, 1.807) is 0 Å². The van der Waals surface area contributed by atoms with Gasteiger partial charge in [-0.3, -0.25) is 0 Å². The van der Waals surface area contributed by atoms with Crippen LogP contribution >= 0.6 is 34.9 Å². The van der Waals surface area contributed by atoms with Gasteiger partial charge in [-0.05, 0) is 59.4 Å². The van der Waals surface area contributed by atoms with Gasteiger partial charge in [0.05, 0.1) is 0 Å². The quantitative estimate of drug-likeness (QED) is 0.165. The zero-order chi connectivity index (χ0) is 31.6. The first-order valence-electron chi connectivity index (χ1n) is 15.9. The van der Waals surface area contributed by atoms with E-state index in [0.717, 1.165) is 13.1 Å². The summed E-state index contributed by atoms with van der Waals surface area (Å²) in [6, 6.07) is 43.7. The maximum Gasteiger partial charge on any atom is 0.0415 e. The Hall–Kier alpha value is -3.12. The third-order valence-electron chi connectivity index (χ3n) is 8.13.